The average molecular weight is 995 g/mol. The molecule has 71 heavy (non-hydrogen) atoms. The highest BCUT2D eigenvalue weighted by Gasteiger charge is 2.39. The summed E-state index contributed by atoms with van der Waals surface area (Å²) in [4.78, 5) is 107. The van der Waals surface area contributed by atoms with E-state index < -0.39 is 108 Å². The quantitative estimate of drug-likeness (QED) is 0.0761. The number of amides is 9. The van der Waals surface area contributed by atoms with Gasteiger partial charge in [0, 0.05) is 19.1 Å². The second kappa shape index (κ2) is 27.4. The second-order valence-electron chi connectivity index (χ2n) is 20.6. The molecule has 1 heterocycles. The first-order valence-corrected chi connectivity index (χ1v) is 25.0. The van der Waals surface area contributed by atoms with Crippen molar-refractivity contribution in [3.05, 3.63) is 42.5 Å². The van der Waals surface area contributed by atoms with Gasteiger partial charge >= 0.3 is 18.2 Å². The van der Waals surface area contributed by atoms with E-state index in [0.29, 0.717) is 38.0 Å². The number of urea groups is 1. The number of hydrogen-bond acceptors (Lipinski definition) is 12. The predicted molar refractivity (Wildman–Crippen MR) is 266 cm³/mol. The van der Waals surface area contributed by atoms with Crippen molar-refractivity contribution in [2.24, 2.45) is 5.92 Å². The summed E-state index contributed by atoms with van der Waals surface area (Å²) in [6, 6.07) is 8.51. The fraction of sp³-hybridized carbons (Fsp3) is 0.647. The number of likely N-dealkylation sites (tertiary alicyclic amines) is 1. The van der Waals surface area contributed by atoms with Crippen molar-refractivity contribution in [2.75, 3.05) is 32.8 Å². The maximum atomic E-state index is 14.2. The van der Waals surface area contributed by atoms with Gasteiger partial charge in [-0.1, -0.05) is 63.4 Å². The topological polar surface area (TPSA) is 261 Å². The third-order valence-electron chi connectivity index (χ3n) is 11.8. The van der Waals surface area contributed by atoms with Crippen LogP contribution in [0.4, 0.5) is 14.4 Å². The summed E-state index contributed by atoms with van der Waals surface area (Å²) in [5.74, 6) is -3.08. The first-order chi connectivity index (χ1) is 33.5. The lowest BCUT2D eigenvalue weighted by Crippen LogP contribution is -2.59. The fourth-order valence-electron chi connectivity index (χ4n) is 8.43. The van der Waals surface area contributed by atoms with Crippen molar-refractivity contribution in [2.45, 2.75) is 174 Å². The van der Waals surface area contributed by atoms with E-state index in [-0.39, 0.29) is 25.6 Å². The lowest BCUT2D eigenvalue weighted by molar-refractivity contribution is -0.146. The van der Waals surface area contributed by atoms with E-state index >= 15 is 0 Å². The summed E-state index contributed by atoms with van der Waals surface area (Å²) < 4.78 is 22.6. The summed E-state index contributed by atoms with van der Waals surface area (Å²) in [5, 5.41) is 20.3. The monoisotopic (exact) mass is 995 g/mol. The van der Waals surface area contributed by atoms with Gasteiger partial charge in [-0.05, 0) is 122 Å². The molecule has 4 rings (SSSR count). The van der Waals surface area contributed by atoms with Crippen molar-refractivity contribution in [3.8, 4) is 5.75 Å². The Hall–Kier alpha value is -6.18. The third kappa shape index (κ3) is 20.6. The number of nitrogens with zero attached hydrogens (tertiary/aromatic N) is 1. The summed E-state index contributed by atoms with van der Waals surface area (Å²) in [6.07, 6.45) is 4.89. The molecule has 1 saturated carbocycles. The number of hydrogen-bond donors (Lipinski definition) is 7. The summed E-state index contributed by atoms with van der Waals surface area (Å²) in [6.45, 7) is 15.1. The van der Waals surface area contributed by atoms with E-state index in [0.717, 1.165) is 42.9 Å². The van der Waals surface area contributed by atoms with Crippen LogP contribution in [0.15, 0.2) is 42.5 Å². The Kier molecular flexibility index (Phi) is 22.2. The number of imide groups is 1. The minimum Gasteiger partial charge on any atom is -0.484 e. The van der Waals surface area contributed by atoms with Gasteiger partial charge in [0.2, 0.25) is 23.6 Å². The van der Waals surface area contributed by atoms with E-state index in [1.54, 1.807) is 58.6 Å². The number of rotatable bonds is 22. The first kappa shape index (κ1) is 57.4. The van der Waals surface area contributed by atoms with Crippen LogP contribution in [-0.4, -0.2) is 133 Å². The molecule has 2 aliphatic rings. The highest BCUT2D eigenvalue weighted by atomic mass is 16.6. The molecule has 7 N–H and O–H groups in total. The van der Waals surface area contributed by atoms with E-state index in [2.05, 4.69) is 37.2 Å². The van der Waals surface area contributed by atoms with Crippen LogP contribution in [0.2, 0.25) is 0 Å². The van der Waals surface area contributed by atoms with E-state index in [4.69, 9.17) is 18.9 Å². The van der Waals surface area contributed by atoms with E-state index in [9.17, 15) is 38.4 Å². The Bertz CT molecular complexity index is 2130. The maximum absolute atomic E-state index is 14.2. The minimum absolute atomic E-state index is 0.00517. The Morgan fingerprint density at radius 2 is 1.42 bits per heavy atom. The average Bonchev–Trinajstić information content (AvgIpc) is 3.77. The van der Waals surface area contributed by atoms with Crippen LogP contribution in [0.1, 0.15) is 127 Å². The Balaban J connectivity index is 1.37. The van der Waals surface area contributed by atoms with Gasteiger partial charge in [0.15, 0.2) is 6.61 Å². The molecule has 0 aromatic heterocycles. The first-order valence-electron chi connectivity index (χ1n) is 25.0. The smallest absolute Gasteiger partial charge is 0.415 e. The zero-order valence-corrected chi connectivity index (χ0v) is 43.0. The number of unbranched alkanes of at least 4 members (excludes halogenated alkanes) is 1. The SMILES string of the molecule is CC(C)[C@H](NC(=O)[C@H](CCCCNC(=O)NC(=O)OC(C)(C)C)NC(=O)COc1ccc2ccccc2c1)C(=O)NCC(=O)N[C@H](C(=O)N1CCC[C@H]1COC(=O)NC1CCCCC1)[C@@H](C)OC(C)(C)C. The highest BCUT2D eigenvalue weighted by Crippen LogP contribution is 2.23. The molecule has 20 nitrogen and oxygen atoms in total. The van der Waals surface area contributed by atoms with Crippen LogP contribution in [0, 0.1) is 5.92 Å². The number of nitrogens with one attached hydrogen (secondary N) is 7. The Labute approximate surface area is 417 Å². The lowest BCUT2D eigenvalue weighted by Gasteiger charge is -2.34. The zero-order valence-electron chi connectivity index (χ0n) is 43.0. The second-order valence-corrected chi connectivity index (χ2v) is 20.6. The van der Waals surface area contributed by atoms with Crippen LogP contribution >= 0.6 is 0 Å². The molecular weight excluding hydrogens is 917 g/mol. The van der Waals surface area contributed by atoms with Crippen molar-refractivity contribution >= 4 is 58.5 Å². The number of carbonyl (C=O) groups excluding carboxylic acids is 8. The van der Waals surface area contributed by atoms with Gasteiger partial charge in [-0.2, -0.15) is 0 Å². The molecule has 394 valence electrons. The lowest BCUT2D eigenvalue weighted by atomic mass is 9.96. The third-order valence-corrected chi connectivity index (χ3v) is 11.8. The number of benzene rings is 2. The number of alkyl carbamates (subject to hydrolysis) is 2. The van der Waals surface area contributed by atoms with Gasteiger partial charge in [0.1, 0.15) is 36.1 Å². The van der Waals surface area contributed by atoms with Crippen LogP contribution in [0.3, 0.4) is 0 Å². The molecule has 1 aliphatic carbocycles. The molecule has 0 radical (unpaired) electrons. The van der Waals surface area contributed by atoms with Crippen LogP contribution in [-0.2, 0) is 38.2 Å². The Morgan fingerprint density at radius 3 is 2.10 bits per heavy atom. The molecule has 5 atom stereocenters. The van der Waals surface area contributed by atoms with Crippen LogP contribution in [0.25, 0.3) is 10.8 Å². The fourth-order valence-corrected chi connectivity index (χ4v) is 8.43. The van der Waals surface area contributed by atoms with Gasteiger partial charge in [0.05, 0.1) is 24.3 Å². The van der Waals surface area contributed by atoms with Crippen molar-refractivity contribution in [1.29, 1.82) is 0 Å². The molecule has 2 aromatic carbocycles. The van der Waals surface area contributed by atoms with E-state index in [1.807, 2.05) is 51.1 Å². The molecular formula is C51H78N8O12. The van der Waals surface area contributed by atoms with E-state index in [1.165, 1.54) is 0 Å². The molecule has 20 heteroatoms. The molecule has 0 unspecified atom stereocenters. The molecule has 9 amide bonds. The molecule has 0 bridgehead atoms. The summed E-state index contributed by atoms with van der Waals surface area (Å²) in [7, 11) is 0. The minimum atomic E-state index is -1.15. The largest absolute Gasteiger partial charge is 0.484 e. The van der Waals surface area contributed by atoms with Gasteiger partial charge in [-0.3, -0.25) is 24.0 Å². The number of fused-ring (bicyclic) bond motifs is 1. The molecule has 1 aliphatic heterocycles. The van der Waals surface area contributed by atoms with Gasteiger partial charge < -0.3 is 55.7 Å². The molecule has 0 spiro atoms. The predicted octanol–water partition coefficient (Wildman–Crippen LogP) is 5.10. The van der Waals surface area contributed by atoms with Crippen molar-refractivity contribution in [1.82, 2.24) is 42.1 Å². The van der Waals surface area contributed by atoms with Crippen LogP contribution < -0.4 is 42.0 Å². The highest BCUT2D eigenvalue weighted by molar-refractivity contribution is 5.95. The molecule has 1 saturated heterocycles. The molecule has 2 aromatic rings. The molecule has 2 fully saturated rings. The van der Waals surface area contributed by atoms with Crippen LogP contribution in [0.5, 0.6) is 5.75 Å². The van der Waals surface area contributed by atoms with Crippen molar-refractivity contribution in [3.63, 3.8) is 0 Å². The van der Waals surface area contributed by atoms with Gasteiger partial charge in [0.25, 0.3) is 5.91 Å². The number of carbonyl (C=O) groups is 8. The normalized spacial score (nSPS) is 16.9. The van der Waals surface area contributed by atoms with Gasteiger partial charge in [-0.15, -0.1) is 0 Å². The number of ether oxygens (including phenoxy) is 4. The zero-order chi connectivity index (χ0) is 52.3. The van der Waals surface area contributed by atoms with Gasteiger partial charge in [-0.25, -0.2) is 19.7 Å². The maximum Gasteiger partial charge on any atom is 0.415 e. The summed E-state index contributed by atoms with van der Waals surface area (Å²) in [5.41, 5.74) is -1.48. The Morgan fingerprint density at radius 1 is 0.718 bits per heavy atom. The standard InChI is InChI=1S/C51H78N8O12/c1-32(2)42(45(63)53-29-40(60)56-43(33(3)70-50(4,5)6)46(64)59-27-17-22-37(59)30-69-48(66)54-36-20-11-10-12-21-36)57-44(62)39(23-15-16-26-52-47(65)58-49(67)71-51(7,8)9)55-41(61)31-68-38-25-24-34-18-13-14-19-35(34)28-38/h13-14,18-19,24-25,28,32-33,36-37,39,42-43H,10-12,15-17,20-23,26-27,29-31H2,1-9H3,(H,53,63)(H,54,66)(H,55,61)(H,56,60)(H,57,62)(H2,52,58,65,67)/t33-,37+,39+,42+,43+/m1/s1. The summed E-state index contributed by atoms with van der Waals surface area (Å²) >= 11 is 0. The van der Waals surface area contributed by atoms with Crippen molar-refractivity contribution < 1.29 is 57.3 Å².